The summed E-state index contributed by atoms with van der Waals surface area (Å²) in [5.74, 6) is 0. The summed E-state index contributed by atoms with van der Waals surface area (Å²) < 4.78 is 12.9. The van der Waals surface area contributed by atoms with Gasteiger partial charge in [-0.2, -0.15) is 0 Å². The van der Waals surface area contributed by atoms with Gasteiger partial charge in [-0.15, -0.1) is 5.10 Å². The number of pyridine rings is 1. The molecule has 0 spiro atoms. The molecule has 4 rings (SSSR count). The smallest absolute Gasteiger partial charge is 0.113 e. The summed E-state index contributed by atoms with van der Waals surface area (Å²) in [7, 11) is 0. The number of hydrogen-bond acceptors (Lipinski definition) is 5. The molecule has 3 heterocycles. The fraction of sp³-hybridized carbons (Fsp3) is 0.316. The highest BCUT2D eigenvalue weighted by molar-refractivity contribution is 5.67. The van der Waals surface area contributed by atoms with Gasteiger partial charge in [-0.05, 0) is 18.6 Å². The van der Waals surface area contributed by atoms with Crippen molar-refractivity contribution >= 4 is 0 Å². The molecule has 0 unspecified atom stereocenters. The first kappa shape index (κ1) is 15.9. The molecule has 3 aromatic rings. The summed E-state index contributed by atoms with van der Waals surface area (Å²) in [5, 5.41) is 8.47. The fourth-order valence-electron chi connectivity index (χ4n) is 2.84. The Morgan fingerprint density at radius 2 is 1.84 bits per heavy atom. The highest BCUT2D eigenvalue weighted by Gasteiger charge is 2.16. The summed E-state index contributed by atoms with van der Waals surface area (Å²) >= 11 is 0. The third kappa shape index (κ3) is 3.75. The van der Waals surface area contributed by atoms with Crippen LogP contribution in [0.2, 0.25) is 0 Å². The van der Waals surface area contributed by atoms with Gasteiger partial charge in [0, 0.05) is 23.0 Å². The third-order valence-electron chi connectivity index (χ3n) is 4.24. The van der Waals surface area contributed by atoms with Crippen molar-refractivity contribution in [3.63, 3.8) is 0 Å². The molecule has 1 aliphatic rings. The normalized spacial score (nSPS) is 17.6. The van der Waals surface area contributed by atoms with Gasteiger partial charge in [-0.25, -0.2) is 4.68 Å². The van der Waals surface area contributed by atoms with Crippen LogP contribution in [0.25, 0.3) is 22.4 Å². The zero-order chi connectivity index (χ0) is 17.1. The van der Waals surface area contributed by atoms with Gasteiger partial charge >= 0.3 is 0 Å². The van der Waals surface area contributed by atoms with Crippen LogP contribution < -0.4 is 0 Å². The molecule has 1 saturated heterocycles. The Balaban J connectivity index is 1.47. The first-order chi connectivity index (χ1) is 12.3. The standard InChI is InChI=1S/C19H20N4O2/c1-14-2-3-17(10-20-14)15-4-6-16(7-5-15)19-12-23(22-21-19)11-18-13-24-8-9-25-18/h2-7,10,12,18H,8-9,11,13H2,1H3/t18-/m0/s1. The van der Waals surface area contributed by atoms with E-state index in [2.05, 4.69) is 45.6 Å². The Morgan fingerprint density at radius 3 is 2.56 bits per heavy atom. The second-order valence-corrected chi connectivity index (χ2v) is 6.16. The maximum Gasteiger partial charge on any atom is 0.113 e. The fourth-order valence-corrected chi connectivity index (χ4v) is 2.84. The van der Waals surface area contributed by atoms with Crippen LogP contribution >= 0.6 is 0 Å². The van der Waals surface area contributed by atoms with E-state index in [9.17, 15) is 0 Å². The van der Waals surface area contributed by atoms with Crippen LogP contribution in [-0.2, 0) is 16.0 Å². The lowest BCUT2D eigenvalue weighted by molar-refractivity contribution is -0.0947. The molecular weight excluding hydrogens is 316 g/mol. The minimum absolute atomic E-state index is 0.0414. The lowest BCUT2D eigenvalue weighted by Gasteiger charge is -2.22. The van der Waals surface area contributed by atoms with Gasteiger partial charge in [0.1, 0.15) is 11.8 Å². The van der Waals surface area contributed by atoms with Gasteiger partial charge in [0.15, 0.2) is 0 Å². The molecular formula is C19H20N4O2. The topological polar surface area (TPSA) is 62.1 Å². The molecule has 6 heteroatoms. The van der Waals surface area contributed by atoms with Crippen molar-refractivity contribution in [1.29, 1.82) is 0 Å². The van der Waals surface area contributed by atoms with E-state index >= 15 is 0 Å². The third-order valence-corrected chi connectivity index (χ3v) is 4.24. The maximum atomic E-state index is 5.65. The van der Waals surface area contributed by atoms with Crippen LogP contribution in [0.5, 0.6) is 0 Å². The number of aromatic nitrogens is 4. The van der Waals surface area contributed by atoms with Gasteiger partial charge < -0.3 is 9.47 Å². The Labute approximate surface area is 146 Å². The SMILES string of the molecule is Cc1ccc(-c2ccc(-c3cn(C[C@H]4COCCO4)nn3)cc2)cn1. The molecule has 1 atom stereocenters. The summed E-state index contributed by atoms with van der Waals surface area (Å²) in [4.78, 5) is 4.35. The Hall–Kier alpha value is -2.57. The van der Waals surface area contributed by atoms with E-state index in [4.69, 9.17) is 9.47 Å². The van der Waals surface area contributed by atoms with E-state index in [1.165, 1.54) is 0 Å². The second kappa shape index (κ2) is 7.13. The quantitative estimate of drug-likeness (QED) is 0.733. The average molecular weight is 336 g/mol. The van der Waals surface area contributed by atoms with Gasteiger partial charge in [0.05, 0.1) is 32.6 Å². The lowest BCUT2D eigenvalue weighted by atomic mass is 10.0. The van der Waals surface area contributed by atoms with Crippen LogP contribution in [0.4, 0.5) is 0 Å². The van der Waals surface area contributed by atoms with Crippen molar-refractivity contribution in [3.05, 3.63) is 54.5 Å². The predicted molar refractivity (Wildman–Crippen MR) is 94.0 cm³/mol. The van der Waals surface area contributed by atoms with E-state index in [0.717, 1.165) is 28.1 Å². The molecule has 1 fully saturated rings. The van der Waals surface area contributed by atoms with Crippen molar-refractivity contribution in [2.24, 2.45) is 0 Å². The molecule has 6 nitrogen and oxygen atoms in total. The molecule has 0 radical (unpaired) electrons. The van der Waals surface area contributed by atoms with E-state index in [1.807, 2.05) is 30.1 Å². The highest BCUT2D eigenvalue weighted by Crippen LogP contribution is 2.23. The maximum absolute atomic E-state index is 5.65. The van der Waals surface area contributed by atoms with Gasteiger partial charge in [-0.3, -0.25) is 4.98 Å². The largest absolute Gasteiger partial charge is 0.376 e. The Morgan fingerprint density at radius 1 is 1.04 bits per heavy atom. The number of hydrogen-bond donors (Lipinski definition) is 0. The molecule has 0 saturated carbocycles. The monoisotopic (exact) mass is 336 g/mol. The van der Waals surface area contributed by atoms with E-state index in [0.29, 0.717) is 26.4 Å². The zero-order valence-electron chi connectivity index (χ0n) is 14.1. The van der Waals surface area contributed by atoms with Crippen molar-refractivity contribution in [1.82, 2.24) is 20.0 Å². The predicted octanol–water partition coefficient (Wildman–Crippen LogP) is 2.73. The summed E-state index contributed by atoms with van der Waals surface area (Å²) in [6, 6.07) is 12.4. The molecule has 128 valence electrons. The van der Waals surface area contributed by atoms with Crippen LogP contribution in [0.15, 0.2) is 48.8 Å². The molecule has 25 heavy (non-hydrogen) atoms. The van der Waals surface area contributed by atoms with E-state index < -0.39 is 0 Å². The minimum Gasteiger partial charge on any atom is -0.376 e. The van der Waals surface area contributed by atoms with Crippen LogP contribution in [0.3, 0.4) is 0 Å². The van der Waals surface area contributed by atoms with Crippen LogP contribution in [-0.4, -0.2) is 45.9 Å². The van der Waals surface area contributed by atoms with Crippen molar-refractivity contribution in [3.8, 4) is 22.4 Å². The first-order valence-corrected chi connectivity index (χ1v) is 8.41. The number of ether oxygens (including phenoxy) is 2. The summed E-state index contributed by atoms with van der Waals surface area (Å²) in [6.45, 7) is 4.55. The van der Waals surface area contributed by atoms with Gasteiger partial charge in [-0.1, -0.05) is 35.5 Å². The first-order valence-electron chi connectivity index (χ1n) is 8.41. The zero-order valence-corrected chi connectivity index (χ0v) is 14.1. The van der Waals surface area contributed by atoms with Crippen LogP contribution in [0, 0.1) is 6.92 Å². The number of benzene rings is 1. The van der Waals surface area contributed by atoms with Gasteiger partial charge in [0.2, 0.25) is 0 Å². The van der Waals surface area contributed by atoms with Gasteiger partial charge in [0.25, 0.3) is 0 Å². The molecule has 0 aliphatic carbocycles. The molecule has 1 aliphatic heterocycles. The molecule has 0 N–H and O–H groups in total. The van der Waals surface area contributed by atoms with Crippen molar-refractivity contribution in [2.45, 2.75) is 19.6 Å². The number of nitrogens with zero attached hydrogens (tertiary/aromatic N) is 4. The van der Waals surface area contributed by atoms with E-state index in [1.54, 1.807) is 0 Å². The minimum atomic E-state index is 0.0414. The van der Waals surface area contributed by atoms with E-state index in [-0.39, 0.29) is 6.10 Å². The average Bonchev–Trinajstić information content (AvgIpc) is 3.12. The molecule has 2 aromatic heterocycles. The molecule has 0 bridgehead atoms. The van der Waals surface area contributed by atoms with Crippen molar-refractivity contribution < 1.29 is 9.47 Å². The Bertz CT molecular complexity index is 821. The number of rotatable bonds is 4. The summed E-state index contributed by atoms with van der Waals surface area (Å²) in [6.07, 6.45) is 3.88. The van der Waals surface area contributed by atoms with Crippen LogP contribution in [0.1, 0.15) is 5.69 Å². The molecule has 0 amide bonds. The summed E-state index contributed by atoms with van der Waals surface area (Å²) in [5.41, 5.74) is 5.15. The van der Waals surface area contributed by atoms with Crippen molar-refractivity contribution in [2.75, 3.05) is 19.8 Å². The lowest BCUT2D eigenvalue weighted by Crippen LogP contribution is -2.32. The second-order valence-electron chi connectivity index (χ2n) is 6.16. The highest BCUT2D eigenvalue weighted by atomic mass is 16.6. The number of aryl methyl sites for hydroxylation is 1. The Kier molecular flexibility index (Phi) is 4.54. The molecule has 1 aromatic carbocycles.